The molecule has 1 saturated carbocycles. The van der Waals surface area contributed by atoms with Crippen LogP contribution in [0.5, 0.6) is 0 Å². The topological polar surface area (TPSA) is 12.0 Å². The molecule has 0 aliphatic heterocycles. The molecule has 1 aliphatic carbocycles. The van der Waals surface area contributed by atoms with Crippen molar-refractivity contribution in [1.82, 2.24) is 5.32 Å². The smallest absolute Gasteiger partial charge is 0.0289 e. The van der Waals surface area contributed by atoms with Gasteiger partial charge in [-0.3, -0.25) is 0 Å². The van der Waals surface area contributed by atoms with Gasteiger partial charge in [0.15, 0.2) is 0 Å². The maximum Gasteiger partial charge on any atom is 0.0289 e. The molecule has 3 rings (SSSR count). The van der Waals surface area contributed by atoms with Crippen molar-refractivity contribution >= 4 is 0 Å². The second-order valence-corrected chi connectivity index (χ2v) is 5.89. The lowest BCUT2D eigenvalue weighted by Gasteiger charge is -2.26. The van der Waals surface area contributed by atoms with E-state index in [1.807, 2.05) is 7.05 Å². The fourth-order valence-electron chi connectivity index (χ4n) is 2.87. The number of hydrogen-bond acceptors (Lipinski definition) is 1. The summed E-state index contributed by atoms with van der Waals surface area (Å²) < 4.78 is 0. The van der Waals surface area contributed by atoms with Gasteiger partial charge in [0.25, 0.3) is 0 Å². The Labute approximate surface area is 122 Å². The van der Waals surface area contributed by atoms with Crippen LogP contribution in [0.2, 0.25) is 0 Å². The van der Waals surface area contributed by atoms with Crippen LogP contribution in [0.1, 0.15) is 49.3 Å². The van der Waals surface area contributed by atoms with Crippen molar-refractivity contribution in [3.63, 3.8) is 0 Å². The second kappa shape index (κ2) is 5.80. The van der Waals surface area contributed by atoms with E-state index in [0.29, 0.717) is 6.04 Å². The van der Waals surface area contributed by atoms with Crippen molar-refractivity contribution in [2.45, 2.75) is 38.1 Å². The van der Waals surface area contributed by atoms with E-state index in [1.54, 1.807) is 0 Å². The molecule has 104 valence electrons. The van der Waals surface area contributed by atoms with E-state index in [4.69, 9.17) is 0 Å². The molecule has 1 nitrogen and oxygen atoms in total. The summed E-state index contributed by atoms with van der Waals surface area (Å²) in [5, 5.41) is 3.31. The quantitative estimate of drug-likeness (QED) is 0.829. The lowest BCUT2D eigenvalue weighted by atomic mass is 9.79. The highest BCUT2D eigenvalue weighted by atomic mass is 14.8. The van der Waals surface area contributed by atoms with Crippen LogP contribution in [-0.4, -0.2) is 7.05 Å². The van der Waals surface area contributed by atoms with Crippen LogP contribution in [0.3, 0.4) is 0 Å². The Kier molecular flexibility index (Phi) is 3.88. The van der Waals surface area contributed by atoms with Gasteiger partial charge in [0, 0.05) is 6.04 Å². The van der Waals surface area contributed by atoms with E-state index < -0.39 is 0 Å². The molecule has 1 aliphatic rings. The summed E-state index contributed by atoms with van der Waals surface area (Å²) >= 11 is 0. The third kappa shape index (κ3) is 2.64. The molecular formula is C19H23N. The molecule has 20 heavy (non-hydrogen) atoms. The summed E-state index contributed by atoms with van der Waals surface area (Å²) in [5.74, 6) is 0.800. The number of hydrogen-bond donors (Lipinski definition) is 1. The average Bonchev–Trinajstić information content (AvgIpc) is 2.45. The third-order valence-electron chi connectivity index (χ3n) is 4.62. The molecule has 0 bridgehead atoms. The third-order valence-corrected chi connectivity index (χ3v) is 4.62. The van der Waals surface area contributed by atoms with Gasteiger partial charge in [0.05, 0.1) is 0 Å². The first-order valence-corrected chi connectivity index (χ1v) is 7.65. The van der Waals surface area contributed by atoms with Crippen LogP contribution in [0.25, 0.3) is 11.1 Å². The summed E-state index contributed by atoms with van der Waals surface area (Å²) in [6.07, 6.45) is 4.12. The zero-order chi connectivity index (χ0) is 13.9. The van der Waals surface area contributed by atoms with Gasteiger partial charge in [-0.2, -0.15) is 0 Å². The van der Waals surface area contributed by atoms with Gasteiger partial charge < -0.3 is 5.32 Å². The maximum absolute atomic E-state index is 3.31. The van der Waals surface area contributed by atoms with Gasteiger partial charge in [0.1, 0.15) is 0 Å². The first-order chi connectivity index (χ1) is 9.78. The SMILES string of the molecule is CNC(C)c1cccc(-c2cccc(C3CCC3)c2)c1. The fourth-order valence-corrected chi connectivity index (χ4v) is 2.87. The van der Waals surface area contributed by atoms with Gasteiger partial charge in [-0.25, -0.2) is 0 Å². The predicted octanol–water partition coefficient (Wildman–Crippen LogP) is 4.90. The molecule has 2 aromatic rings. The zero-order valence-corrected chi connectivity index (χ0v) is 12.4. The van der Waals surface area contributed by atoms with E-state index in [0.717, 1.165) is 5.92 Å². The lowest BCUT2D eigenvalue weighted by molar-refractivity contribution is 0.420. The molecule has 0 aromatic heterocycles. The number of benzene rings is 2. The lowest BCUT2D eigenvalue weighted by Crippen LogP contribution is -2.12. The molecule has 0 radical (unpaired) electrons. The first kappa shape index (κ1) is 13.4. The Hall–Kier alpha value is -1.60. The highest BCUT2D eigenvalue weighted by molar-refractivity contribution is 5.65. The van der Waals surface area contributed by atoms with Crippen LogP contribution in [0.4, 0.5) is 0 Å². The molecular weight excluding hydrogens is 242 g/mol. The van der Waals surface area contributed by atoms with Gasteiger partial charge in [-0.1, -0.05) is 48.9 Å². The van der Waals surface area contributed by atoms with Crippen molar-refractivity contribution in [2.75, 3.05) is 7.05 Å². The van der Waals surface area contributed by atoms with Crippen LogP contribution < -0.4 is 5.32 Å². The normalized spacial score (nSPS) is 16.7. The van der Waals surface area contributed by atoms with Gasteiger partial charge in [0.2, 0.25) is 0 Å². The summed E-state index contributed by atoms with van der Waals surface area (Å²) in [7, 11) is 2.01. The predicted molar refractivity (Wildman–Crippen MR) is 85.9 cm³/mol. The minimum absolute atomic E-state index is 0.393. The van der Waals surface area contributed by atoms with Crippen LogP contribution in [0.15, 0.2) is 48.5 Å². The van der Waals surface area contributed by atoms with Crippen molar-refractivity contribution < 1.29 is 0 Å². The Morgan fingerprint density at radius 1 is 1.00 bits per heavy atom. The van der Waals surface area contributed by atoms with Crippen molar-refractivity contribution in [3.05, 3.63) is 59.7 Å². The molecule has 1 heteroatoms. The van der Waals surface area contributed by atoms with Crippen molar-refractivity contribution in [1.29, 1.82) is 0 Å². The minimum atomic E-state index is 0.393. The van der Waals surface area contributed by atoms with E-state index in [1.165, 1.54) is 41.5 Å². The van der Waals surface area contributed by atoms with E-state index in [2.05, 4.69) is 60.8 Å². The highest BCUT2D eigenvalue weighted by Gasteiger charge is 2.19. The first-order valence-electron chi connectivity index (χ1n) is 7.65. The summed E-state index contributed by atoms with van der Waals surface area (Å²) in [5.41, 5.74) is 5.53. The molecule has 2 aromatic carbocycles. The number of nitrogens with one attached hydrogen (secondary N) is 1. The van der Waals surface area contributed by atoms with E-state index in [9.17, 15) is 0 Å². The molecule has 1 atom stereocenters. The van der Waals surface area contributed by atoms with Gasteiger partial charge in [-0.05, 0) is 61.1 Å². The standard InChI is InChI=1S/C19H23N/c1-14(20-2)16-8-4-10-18(12-16)19-11-5-9-17(13-19)15-6-3-7-15/h4-5,8-15,20H,3,6-7H2,1-2H3. The maximum atomic E-state index is 3.31. The Bertz CT molecular complexity index is 538. The van der Waals surface area contributed by atoms with Gasteiger partial charge in [-0.15, -0.1) is 0 Å². The average molecular weight is 265 g/mol. The van der Waals surface area contributed by atoms with Crippen LogP contribution in [0, 0.1) is 0 Å². The van der Waals surface area contributed by atoms with Crippen molar-refractivity contribution in [2.24, 2.45) is 0 Å². The molecule has 1 fully saturated rings. The number of rotatable bonds is 4. The van der Waals surface area contributed by atoms with Crippen molar-refractivity contribution in [3.8, 4) is 11.1 Å². The Balaban J connectivity index is 1.92. The monoisotopic (exact) mass is 265 g/mol. The summed E-state index contributed by atoms with van der Waals surface area (Å²) in [4.78, 5) is 0. The molecule has 1 unspecified atom stereocenters. The molecule has 0 heterocycles. The molecule has 0 spiro atoms. The minimum Gasteiger partial charge on any atom is -0.313 e. The van der Waals surface area contributed by atoms with E-state index >= 15 is 0 Å². The summed E-state index contributed by atoms with van der Waals surface area (Å²) in [6.45, 7) is 2.20. The second-order valence-electron chi connectivity index (χ2n) is 5.89. The zero-order valence-electron chi connectivity index (χ0n) is 12.4. The Morgan fingerprint density at radius 3 is 2.35 bits per heavy atom. The highest BCUT2D eigenvalue weighted by Crippen LogP contribution is 2.37. The largest absolute Gasteiger partial charge is 0.313 e. The van der Waals surface area contributed by atoms with Crippen LogP contribution in [-0.2, 0) is 0 Å². The summed E-state index contributed by atoms with van der Waals surface area (Å²) in [6, 6.07) is 18.4. The fraction of sp³-hybridized carbons (Fsp3) is 0.368. The molecule has 0 amide bonds. The van der Waals surface area contributed by atoms with Crippen LogP contribution >= 0.6 is 0 Å². The molecule has 1 N–H and O–H groups in total. The van der Waals surface area contributed by atoms with Gasteiger partial charge >= 0.3 is 0 Å². The molecule has 0 saturated heterocycles. The Morgan fingerprint density at radius 2 is 1.70 bits per heavy atom. The van der Waals surface area contributed by atoms with E-state index in [-0.39, 0.29) is 0 Å².